The molecule has 0 bridgehead atoms. The van der Waals surface area contributed by atoms with Crippen molar-refractivity contribution in [3.8, 4) is 10.6 Å². The quantitative estimate of drug-likeness (QED) is 0.556. The molecule has 2 N–H and O–H groups in total. The number of carboxylic acid groups (broad SMARTS) is 1. The van der Waals surface area contributed by atoms with E-state index in [9.17, 15) is 18.3 Å². The largest absolute Gasteiger partial charge is 0.480 e. The molecule has 0 saturated heterocycles. The van der Waals surface area contributed by atoms with Crippen molar-refractivity contribution in [1.29, 1.82) is 0 Å². The van der Waals surface area contributed by atoms with E-state index < -0.39 is 27.4 Å². The second-order valence-corrected chi connectivity index (χ2v) is 10.2. The third-order valence-electron chi connectivity index (χ3n) is 4.78. The number of rotatable bonds is 7. The third-order valence-corrected chi connectivity index (χ3v) is 8.18. The SMILES string of the molecule is C[C@H](c1ccccc1)[C@](C)(NS(=O)(=O)c1ccc(-c2ccc(Cl)cn2)s1)C(=O)O. The fourth-order valence-corrected chi connectivity index (χ4v) is 5.67. The first-order chi connectivity index (χ1) is 13.6. The van der Waals surface area contributed by atoms with Crippen molar-refractivity contribution < 1.29 is 18.3 Å². The zero-order valence-electron chi connectivity index (χ0n) is 15.7. The number of pyridine rings is 1. The lowest BCUT2D eigenvalue weighted by molar-refractivity contribution is -0.144. The molecule has 2 aromatic heterocycles. The minimum atomic E-state index is -4.08. The van der Waals surface area contributed by atoms with Gasteiger partial charge >= 0.3 is 5.97 Å². The van der Waals surface area contributed by atoms with Gasteiger partial charge in [0.2, 0.25) is 0 Å². The average molecular weight is 451 g/mol. The van der Waals surface area contributed by atoms with Crippen LogP contribution in [0.5, 0.6) is 0 Å². The number of carboxylic acids is 1. The number of halogens is 1. The Bertz CT molecular complexity index is 1110. The molecule has 2 atom stereocenters. The average Bonchev–Trinajstić information content (AvgIpc) is 3.19. The molecule has 3 aromatic rings. The molecule has 0 spiro atoms. The molecule has 29 heavy (non-hydrogen) atoms. The molecule has 0 aliphatic carbocycles. The fourth-order valence-electron chi connectivity index (χ4n) is 2.85. The van der Waals surface area contributed by atoms with Gasteiger partial charge < -0.3 is 5.11 Å². The maximum Gasteiger partial charge on any atom is 0.325 e. The Kier molecular flexibility index (Phi) is 6.09. The Labute approximate surface area is 178 Å². The molecule has 0 fully saturated rings. The van der Waals surface area contributed by atoms with E-state index in [1.165, 1.54) is 19.2 Å². The number of hydrogen-bond donors (Lipinski definition) is 2. The maximum atomic E-state index is 13.0. The topological polar surface area (TPSA) is 96.4 Å². The first-order valence-electron chi connectivity index (χ1n) is 8.67. The molecule has 152 valence electrons. The first kappa shape index (κ1) is 21.4. The lowest BCUT2D eigenvalue weighted by Gasteiger charge is -2.32. The molecular weight excluding hydrogens is 432 g/mol. The van der Waals surface area contributed by atoms with E-state index in [4.69, 9.17) is 11.6 Å². The standard InChI is InChI=1S/C20H19ClN2O4S2/c1-13(14-6-4-3-5-7-14)20(2,19(24)25)23-29(26,27)18-11-10-17(28-18)16-9-8-15(21)12-22-16/h3-13,23H,1-2H3,(H,24,25)/t13-,20+/m1/s1. The van der Waals surface area contributed by atoms with Crippen molar-refractivity contribution in [2.45, 2.75) is 29.5 Å². The van der Waals surface area contributed by atoms with E-state index in [0.717, 1.165) is 16.9 Å². The number of nitrogens with zero attached hydrogens (tertiary/aromatic N) is 1. The normalized spacial score (nSPS) is 14.9. The van der Waals surface area contributed by atoms with Crippen LogP contribution in [0.2, 0.25) is 5.02 Å². The van der Waals surface area contributed by atoms with Crippen LogP contribution in [0.3, 0.4) is 0 Å². The van der Waals surface area contributed by atoms with E-state index >= 15 is 0 Å². The Morgan fingerprint density at radius 2 is 1.86 bits per heavy atom. The van der Waals surface area contributed by atoms with Crippen LogP contribution in [0, 0.1) is 0 Å². The number of thiophene rings is 1. The summed E-state index contributed by atoms with van der Waals surface area (Å²) in [6.07, 6.45) is 1.48. The highest BCUT2D eigenvalue weighted by Crippen LogP contribution is 2.33. The summed E-state index contributed by atoms with van der Waals surface area (Å²) < 4.78 is 28.4. The Morgan fingerprint density at radius 3 is 2.45 bits per heavy atom. The Morgan fingerprint density at radius 1 is 1.17 bits per heavy atom. The van der Waals surface area contributed by atoms with Crippen LogP contribution in [-0.4, -0.2) is 30.0 Å². The Balaban J connectivity index is 1.92. The molecule has 1 aromatic carbocycles. The highest BCUT2D eigenvalue weighted by Gasteiger charge is 2.43. The number of hydrogen-bond acceptors (Lipinski definition) is 5. The number of benzene rings is 1. The molecule has 3 rings (SSSR count). The minimum Gasteiger partial charge on any atom is -0.480 e. The van der Waals surface area contributed by atoms with E-state index in [1.54, 1.807) is 49.4 Å². The van der Waals surface area contributed by atoms with Gasteiger partial charge in [0.05, 0.1) is 15.6 Å². The van der Waals surface area contributed by atoms with Gasteiger partial charge in [0.1, 0.15) is 9.75 Å². The van der Waals surface area contributed by atoms with Crippen LogP contribution in [0.1, 0.15) is 25.3 Å². The molecule has 0 unspecified atom stereocenters. The van der Waals surface area contributed by atoms with Crippen molar-refractivity contribution in [3.05, 3.63) is 71.4 Å². The van der Waals surface area contributed by atoms with Crippen LogP contribution in [-0.2, 0) is 14.8 Å². The lowest BCUT2D eigenvalue weighted by atomic mass is 9.83. The number of aromatic nitrogens is 1. The molecule has 0 radical (unpaired) electrons. The van der Waals surface area contributed by atoms with Crippen molar-refractivity contribution in [1.82, 2.24) is 9.71 Å². The van der Waals surface area contributed by atoms with E-state index in [-0.39, 0.29) is 4.21 Å². The number of aliphatic carboxylic acids is 1. The van der Waals surface area contributed by atoms with E-state index in [2.05, 4.69) is 9.71 Å². The number of nitrogens with one attached hydrogen (secondary N) is 1. The molecule has 0 aliphatic rings. The molecular formula is C20H19ClN2O4S2. The number of sulfonamides is 1. The molecule has 6 nitrogen and oxygen atoms in total. The van der Waals surface area contributed by atoms with Gasteiger partial charge in [0.15, 0.2) is 0 Å². The van der Waals surface area contributed by atoms with E-state index in [1.807, 2.05) is 6.07 Å². The summed E-state index contributed by atoms with van der Waals surface area (Å²) in [5.41, 5.74) is -0.431. The Hall–Kier alpha value is -2.26. The highest BCUT2D eigenvalue weighted by molar-refractivity contribution is 7.91. The van der Waals surface area contributed by atoms with Gasteiger partial charge in [-0.1, -0.05) is 48.9 Å². The van der Waals surface area contributed by atoms with Gasteiger partial charge in [-0.2, -0.15) is 4.72 Å². The van der Waals surface area contributed by atoms with Gasteiger partial charge in [0.25, 0.3) is 10.0 Å². The van der Waals surface area contributed by atoms with Gasteiger partial charge in [0, 0.05) is 12.1 Å². The second kappa shape index (κ2) is 8.23. The summed E-state index contributed by atoms with van der Waals surface area (Å²) in [4.78, 5) is 16.9. The smallest absolute Gasteiger partial charge is 0.325 e. The van der Waals surface area contributed by atoms with Gasteiger partial charge in [-0.25, -0.2) is 8.42 Å². The maximum absolute atomic E-state index is 13.0. The van der Waals surface area contributed by atoms with E-state index in [0.29, 0.717) is 15.6 Å². The fraction of sp³-hybridized carbons (Fsp3) is 0.200. The lowest BCUT2D eigenvalue weighted by Crippen LogP contribution is -2.55. The summed E-state index contributed by atoms with van der Waals surface area (Å²) in [6, 6.07) is 15.4. The van der Waals surface area contributed by atoms with Crippen LogP contribution in [0.25, 0.3) is 10.6 Å². The van der Waals surface area contributed by atoms with Crippen LogP contribution in [0.15, 0.2) is 65.0 Å². The van der Waals surface area contributed by atoms with Crippen LogP contribution >= 0.6 is 22.9 Å². The monoisotopic (exact) mass is 450 g/mol. The van der Waals surface area contributed by atoms with Gasteiger partial charge in [-0.3, -0.25) is 9.78 Å². The molecule has 0 amide bonds. The van der Waals surface area contributed by atoms with Crippen molar-refractivity contribution in [2.75, 3.05) is 0 Å². The summed E-state index contributed by atoms with van der Waals surface area (Å²) >= 11 is 6.85. The zero-order chi connectivity index (χ0) is 21.2. The third kappa shape index (κ3) is 4.51. The molecule has 0 saturated carbocycles. The highest BCUT2D eigenvalue weighted by atomic mass is 35.5. The number of carbonyl (C=O) groups is 1. The van der Waals surface area contributed by atoms with Crippen LogP contribution in [0.4, 0.5) is 0 Å². The summed E-state index contributed by atoms with van der Waals surface area (Å²) in [6.45, 7) is 3.06. The summed E-state index contributed by atoms with van der Waals surface area (Å²) in [5, 5.41) is 10.3. The predicted molar refractivity (Wildman–Crippen MR) is 114 cm³/mol. The van der Waals surface area contributed by atoms with Gasteiger partial charge in [-0.15, -0.1) is 11.3 Å². The second-order valence-electron chi connectivity index (χ2n) is 6.73. The predicted octanol–water partition coefficient (Wildman–Crippen LogP) is 4.39. The summed E-state index contributed by atoms with van der Waals surface area (Å²) in [5.74, 6) is -1.86. The molecule has 9 heteroatoms. The van der Waals surface area contributed by atoms with Gasteiger partial charge in [-0.05, 0) is 36.8 Å². The van der Waals surface area contributed by atoms with Crippen molar-refractivity contribution in [3.63, 3.8) is 0 Å². The summed E-state index contributed by atoms with van der Waals surface area (Å²) in [7, 11) is -4.08. The molecule has 0 aliphatic heterocycles. The first-order valence-corrected chi connectivity index (χ1v) is 11.4. The van der Waals surface area contributed by atoms with Crippen molar-refractivity contribution >= 4 is 38.9 Å². The van der Waals surface area contributed by atoms with Crippen LogP contribution < -0.4 is 4.72 Å². The molecule has 2 heterocycles. The zero-order valence-corrected chi connectivity index (χ0v) is 18.1. The minimum absolute atomic E-state index is 0.0111. The van der Waals surface area contributed by atoms with Crippen molar-refractivity contribution in [2.24, 2.45) is 0 Å².